The third-order valence-corrected chi connectivity index (χ3v) is 4.81. The molecule has 0 amide bonds. The highest BCUT2D eigenvalue weighted by Crippen LogP contribution is 2.42. The zero-order valence-corrected chi connectivity index (χ0v) is 12.4. The fraction of sp³-hybridized carbons (Fsp3) is 0.500. The van der Waals surface area contributed by atoms with Crippen LogP contribution in [0.5, 0.6) is 0 Å². The van der Waals surface area contributed by atoms with Crippen LogP contribution in [0, 0.1) is 11.8 Å². The van der Waals surface area contributed by atoms with E-state index >= 15 is 0 Å². The van der Waals surface area contributed by atoms with Crippen molar-refractivity contribution >= 4 is 17.3 Å². The standard InChI is InChI=1S/C14H18ClN5/c1-8-6-7-12(9(8)2)20-14(17-18-19-20)13-10(15)4-3-5-11(13)16/h3-5,8-9,12H,6-7,16H2,1-2H3. The highest BCUT2D eigenvalue weighted by atomic mass is 35.5. The molecule has 5 nitrogen and oxygen atoms in total. The van der Waals surface area contributed by atoms with E-state index in [9.17, 15) is 0 Å². The van der Waals surface area contributed by atoms with Gasteiger partial charge in [0.2, 0.25) is 0 Å². The van der Waals surface area contributed by atoms with Crippen LogP contribution in [-0.4, -0.2) is 20.2 Å². The maximum atomic E-state index is 6.28. The first-order chi connectivity index (χ1) is 9.59. The molecule has 3 atom stereocenters. The first-order valence-electron chi connectivity index (χ1n) is 6.91. The number of hydrogen-bond donors (Lipinski definition) is 1. The molecule has 1 heterocycles. The average Bonchev–Trinajstić information content (AvgIpc) is 2.98. The van der Waals surface area contributed by atoms with E-state index in [1.807, 2.05) is 22.9 Å². The van der Waals surface area contributed by atoms with E-state index in [-0.39, 0.29) is 0 Å². The number of nitrogen functional groups attached to an aromatic ring is 1. The molecule has 0 saturated heterocycles. The number of rotatable bonds is 2. The Bertz CT molecular complexity index is 604. The lowest BCUT2D eigenvalue weighted by molar-refractivity contribution is 0.328. The summed E-state index contributed by atoms with van der Waals surface area (Å²) in [7, 11) is 0. The quantitative estimate of drug-likeness (QED) is 0.863. The summed E-state index contributed by atoms with van der Waals surface area (Å²) in [6, 6.07) is 5.77. The molecule has 1 aliphatic rings. The molecule has 20 heavy (non-hydrogen) atoms. The fourth-order valence-corrected chi connectivity index (χ4v) is 3.31. The second-order valence-corrected chi connectivity index (χ2v) is 6.04. The number of halogens is 1. The van der Waals surface area contributed by atoms with Crippen molar-refractivity contribution in [3.63, 3.8) is 0 Å². The highest BCUT2D eigenvalue weighted by Gasteiger charge is 2.34. The van der Waals surface area contributed by atoms with Crippen LogP contribution in [0.3, 0.4) is 0 Å². The average molecular weight is 292 g/mol. The van der Waals surface area contributed by atoms with Crippen molar-refractivity contribution in [2.45, 2.75) is 32.7 Å². The summed E-state index contributed by atoms with van der Waals surface area (Å²) in [6.45, 7) is 4.53. The molecule has 3 rings (SSSR count). The van der Waals surface area contributed by atoms with Crippen molar-refractivity contribution in [3.8, 4) is 11.4 Å². The molecule has 2 N–H and O–H groups in total. The zero-order valence-electron chi connectivity index (χ0n) is 11.6. The van der Waals surface area contributed by atoms with E-state index in [4.69, 9.17) is 17.3 Å². The second kappa shape index (κ2) is 5.05. The maximum absolute atomic E-state index is 6.28. The van der Waals surface area contributed by atoms with Gasteiger partial charge in [0, 0.05) is 5.69 Å². The summed E-state index contributed by atoms with van der Waals surface area (Å²) in [5, 5.41) is 12.7. The molecule has 0 radical (unpaired) electrons. The normalized spacial score (nSPS) is 26.1. The summed E-state index contributed by atoms with van der Waals surface area (Å²) < 4.78 is 1.89. The fourth-order valence-electron chi connectivity index (χ4n) is 3.04. The van der Waals surface area contributed by atoms with E-state index in [1.54, 1.807) is 0 Å². The van der Waals surface area contributed by atoms with Gasteiger partial charge in [0.25, 0.3) is 0 Å². The molecule has 2 aromatic rings. The Morgan fingerprint density at radius 3 is 2.75 bits per heavy atom. The van der Waals surface area contributed by atoms with Gasteiger partial charge in [-0.25, -0.2) is 4.68 Å². The minimum atomic E-state index is 0.311. The molecular formula is C14H18ClN5. The topological polar surface area (TPSA) is 69.6 Å². The molecule has 1 aromatic heterocycles. The molecule has 1 aromatic carbocycles. The molecule has 1 aliphatic carbocycles. The predicted octanol–water partition coefficient (Wildman–Crippen LogP) is 3.18. The highest BCUT2D eigenvalue weighted by molar-refractivity contribution is 6.33. The third-order valence-electron chi connectivity index (χ3n) is 4.50. The van der Waals surface area contributed by atoms with Gasteiger partial charge in [-0.1, -0.05) is 31.5 Å². The van der Waals surface area contributed by atoms with Gasteiger partial charge in [-0.3, -0.25) is 0 Å². The molecule has 1 saturated carbocycles. The predicted molar refractivity (Wildman–Crippen MR) is 79.3 cm³/mol. The minimum absolute atomic E-state index is 0.311. The van der Waals surface area contributed by atoms with Crippen LogP contribution in [0.2, 0.25) is 5.02 Å². The number of nitrogens with two attached hydrogens (primary N) is 1. The molecule has 0 aliphatic heterocycles. The van der Waals surface area contributed by atoms with Crippen molar-refractivity contribution in [2.75, 3.05) is 5.73 Å². The lowest BCUT2D eigenvalue weighted by Crippen LogP contribution is -2.17. The van der Waals surface area contributed by atoms with Gasteiger partial charge in [-0.2, -0.15) is 0 Å². The lowest BCUT2D eigenvalue weighted by Gasteiger charge is -2.19. The van der Waals surface area contributed by atoms with Gasteiger partial charge in [-0.15, -0.1) is 5.10 Å². The van der Waals surface area contributed by atoms with Crippen LogP contribution < -0.4 is 5.73 Å². The summed E-state index contributed by atoms with van der Waals surface area (Å²) in [5.74, 6) is 1.89. The first-order valence-corrected chi connectivity index (χ1v) is 7.29. The van der Waals surface area contributed by atoms with Gasteiger partial charge < -0.3 is 5.73 Å². The first kappa shape index (κ1) is 13.4. The van der Waals surface area contributed by atoms with E-state index in [0.29, 0.717) is 34.4 Å². The Hall–Kier alpha value is -1.62. The molecule has 0 bridgehead atoms. The number of anilines is 1. The zero-order chi connectivity index (χ0) is 14.3. The molecule has 3 unspecified atom stereocenters. The van der Waals surface area contributed by atoms with Crippen LogP contribution >= 0.6 is 11.6 Å². The molecular weight excluding hydrogens is 274 g/mol. The van der Waals surface area contributed by atoms with E-state index < -0.39 is 0 Å². The second-order valence-electron chi connectivity index (χ2n) is 5.63. The Morgan fingerprint density at radius 2 is 2.10 bits per heavy atom. The molecule has 0 spiro atoms. The molecule has 1 fully saturated rings. The SMILES string of the molecule is CC1CCC(n2nnnc2-c2c(N)cccc2Cl)C1C. The maximum Gasteiger partial charge on any atom is 0.185 e. The smallest absolute Gasteiger partial charge is 0.185 e. The molecule has 6 heteroatoms. The molecule has 106 valence electrons. The summed E-state index contributed by atoms with van der Waals surface area (Å²) in [4.78, 5) is 0. The van der Waals surface area contributed by atoms with Crippen molar-refractivity contribution in [2.24, 2.45) is 11.8 Å². The Labute approximate surface area is 123 Å². The summed E-state index contributed by atoms with van der Waals surface area (Å²) in [5.41, 5.74) is 7.38. The van der Waals surface area contributed by atoms with E-state index in [1.165, 1.54) is 6.42 Å². The van der Waals surface area contributed by atoms with Crippen molar-refractivity contribution in [3.05, 3.63) is 23.2 Å². The van der Waals surface area contributed by atoms with Gasteiger partial charge in [0.05, 0.1) is 16.6 Å². The van der Waals surface area contributed by atoms with Crippen molar-refractivity contribution in [1.29, 1.82) is 0 Å². The monoisotopic (exact) mass is 291 g/mol. The number of hydrogen-bond acceptors (Lipinski definition) is 4. The van der Waals surface area contributed by atoms with Gasteiger partial charge in [0.1, 0.15) is 0 Å². The van der Waals surface area contributed by atoms with Crippen LogP contribution in [0.15, 0.2) is 18.2 Å². The number of nitrogens with zero attached hydrogens (tertiary/aromatic N) is 4. The Morgan fingerprint density at radius 1 is 1.30 bits per heavy atom. The van der Waals surface area contributed by atoms with Gasteiger partial charge in [0.15, 0.2) is 5.82 Å². The van der Waals surface area contributed by atoms with Crippen molar-refractivity contribution in [1.82, 2.24) is 20.2 Å². The minimum Gasteiger partial charge on any atom is -0.398 e. The Kier molecular flexibility index (Phi) is 3.38. The van der Waals surface area contributed by atoms with Crippen LogP contribution in [0.1, 0.15) is 32.7 Å². The van der Waals surface area contributed by atoms with Crippen molar-refractivity contribution < 1.29 is 0 Å². The summed E-state index contributed by atoms with van der Waals surface area (Å²) >= 11 is 6.28. The lowest BCUT2D eigenvalue weighted by atomic mass is 9.97. The summed E-state index contributed by atoms with van der Waals surface area (Å²) in [6.07, 6.45) is 2.29. The van der Waals surface area contributed by atoms with Crippen LogP contribution in [0.4, 0.5) is 5.69 Å². The third kappa shape index (κ3) is 2.06. The van der Waals surface area contributed by atoms with E-state index in [2.05, 4.69) is 29.4 Å². The van der Waals surface area contributed by atoms with Crippen LogP contribution in [0.25, 0.3) is 11.4 Å². The largest absolute Gasteiger partial charge is 0.398 e. The number of benzene rings is 1. The number of tetrazole rings is 1. The Balaban J connectivity index is 2.07. The van der Waals surface area contributed by atoms with E-state index in [0.717, 1.165) is 12.0 Å². The van der Waals surface area contributed by atoms with Gasteiger partial charge >= 0.3 is 0 Å². The van der Waals surface area contributed by atoms with Gasteiger partial charge in [-0.05, 0) is 47.2 Å². The van der Waals surface area contributed by atoms with Crippen LogP contribution in [-0.2, 0) is 0 Å². The number of aromatic nitrogens is 4.